The third-order valence-electron chi connectivity index (χ3n) is 3.39. The van der Waals surface area contributed by atoms with E-state index in [9.17, 15) is 0 Å². The van der Waals surface area contributed by atoms with Crippen molar-refractivity contribution in [2.75, 3.05) is 5.33 Å². The van der Waals surface area contributed by atoms with E-state index >= 15 is 0 Å². The molecule has 1 aliphatic carbocycles. The topological polar surface area (TPSA) is 0 Å². The Morgan fingerprint density at radius 3 is 2.33 bits per heavy atom. The second-order valence-corrected chi connectivity index (χ2v) is 6.34. The maximum Gasteiger partial charge on any atom is 0.0175 e. The van der Waals surface area contributed by atoms with Gasteiger partial charge in [0, 0.05) is 9.80 Å². The van der Waals surface area contributed by atoms with Gasteiger partial charge in [0.1, 0.15) is 0 Å². The molecule has 2 rings (SSSR count). The first-order chi connectivity index (χ1) is 7.14. The third-order valence-corrected chi connectivity index (χ3v) is 5.20. The second-order valence-electron chi connectivity index (χ2n) is 4.87. The largest absolute Gasteiger partial charge is 0.0922 e. The van der Waals surface area contributed by atoms with Gasteiger partial charge in [0.25, 0.3) is 0 Å². The van der Waals surface area contributed by atoms with Gasteiger partial charge in [-0.2, -0.15) is 0 Å². The van der Waals surface area contributed by atoms with Crippen LogP contribution in [0.1, 0.15) is 25.3 Å². The first-order valence-corrected chi connectivity index (χ1v) is 7.36. The van der Waals surface area contributed by atoms with Crippen molar-refractivity contribution in [3.63, 3.8) is 0 Å². The van der Waals surface area contributed by atoms with Crippen LogP contribution in [0.4, 0.5) is 0 Å². The summed E-state index contributed by atoms with van der Waals surface area (Å²) in [5.74, 6) is 0.931. The molecule has 2 heteroatoms. The van der Waals surface area contributed by atoms with Gasteiger partial charge < -0.3 is 0 Å². The Kier molecular flexibility index (Phi) is 3.56. The summed E-state index contributed by atoms with van der Waals surface area (Å²) in [6, 6.07) is 8.73. The number of rotatable bonds is 4. The van der Waals surface area contributed by atoms with Crippen molar-refractivity contribution in [2.45, 2.75) is 26.2 Å². The first kappa shape index (κ1) is 11.7. The molecule has 1 unspecified atom stereocenters. The summed E-state index contributed by atoms with van der Waals surface area (Å²) in [7, 11) is 0. The predicted molar refractivity (Wildman–Crippen MR) is 72.5 cm³/mol. The lowest BCUT2D eigenvalue weighted by atomic mass is 9.81. The van der Waals surface area contributed by atoms with E-state index in [4.69, 9.17) is 0 Å². The molecule has 0 heterocycles. The van der Waals surface area contributed by atoms with Crippen molar-refractivity contribution in [3.05, 3.63) is 34.3 Å². The maximum atomic E-state index is 3.68. The first-order valence-electron chi connectivity index (χ1n) is 5.44. The number of halogens is 2. The molecule has 0 N–H and O–H groups in total. The van der Waals surface area contributed by atoms with Gasteiger partial charge in [0.2, 0.25) is 0 Å². The van der Waals surface area contributed by atoms with Crippen molar-refractivity contribution in [2.24, 2.45) is 11.3 Å². The van der Waals surface area contributed by atoms with Gasteiger partial charge in [0.15, 0.2) is 0 Å². The fourth-order valence-corrected chi connectivity index (χ4v) is 3.07. The SMILES string of the molecule is CC(CBr)(Cc1ccc(Br)cc1)C1CC1. The molecule has 0 aliphatic heterocycles. The van der Waals surface area contributed by atoms with Crippen LogP contribution in [0, 0.1) is 11.3 Å². The van der Waals surface area contributed by atoms with Gasteiger partial charge >= 0.3 is 0 Å². The van der Waals surface area contributed by atoms with Gasteiger partial charge in [-0.25, -0.2) is 0 Å². The predicted octanol–water partition coefficient (Wildman–Crippen LogP) is 4.80. The lowest BCUT2D eigenvalue weighted by Crippen LogP contribution is -2.24. The maximum absolute atomic E-state index is 3.68. The zero-order valence-corrected chi connectivity index (χ0v) is 12.1. The molecule has 0 amide bonds. The molecule has 0 saturated heterocycles. The van der Waals surface area contributed by atoms with Gasteiger partial charge in [-0.05, 0) is 48.3 Å². The van der Waals surface area contributed by atoms with E-state index in [1.165, 1.54) is 29.3 Å². The fourth-order valence-electron chi connectivity index (χ4n) is 2.15. The lowest BCUT2D eigenvalue weighted by molar-refractivity contribution is 0.319. The zero-order valence-electron chi connectivity index (χ0n) is 8.97. The molecule has 1 aromatic carbocycles. The summed E-state index contributed by atoms with van der Waals surface area (Å²) in [5, 5.41) is 1.11. The van der Waals surface area contributed by atoms with Crippen LogP contribution in [-0.4, -0.2) is 5.33 Å². The summed E-state index contributed by atoms with van der Waals surface area (Å²) in [4.78, 5) is 0. The minimum absolute atomic E-state index is 0.452. The normalized spacial score (nSPS) is 19.9. The van der Waals surface area contributed by atoms with E-state index in [0.29, 0.717) is 5.41 Å². The van der Waals surface area contributed by atoms with Gasteiger partial charge in [0.05, 0.1) is 0 Å². The molecule has 0 radical (unpaired) electrons. The standard InChI is InChI=1S/C13H16Br2/c1-13(9-14,11-4-5-11)8-10-2-6-12(15)7-3-10/h2-3,6-7,11H,4-5,8-9H2,1H3. The summed E-state index contributed by atoms with van der Waals surface area (Å²) >= 11 is 7.15. The Labute approximate surface area is 109 Å². The highest BCUT2D eigenvalue weighted by atomic mass is 79.9. The van der Waals surface area contributed by atoms with Crippen LogP contribution in [-0.2, 0) is 6.42 Å². The molecular formula is C13H16Br2. The number of hydrogen-bond acceptors (Lipinski definition) is 0. The Morgan fingerprint density at radius 2 is 1.87 bits per heavy atom. The van der Waals surface area contributed by atoms with Crippen LogP contribution in [0.15, 0.2) is 28.7 Å². The van der Waals surface area contributed by atoms with Crippen molar-refractivity contribution in [3.8, 4) is 0 Å². The van der Waals surface area contributed by atoms with E-state index in [-0.39, 0.29) is 0 Å². The van der Waals surface area contributed by atoms with E-state index in [0.717, 1.165) is 11.2 Å². The van der Waals surface area contributed by atoms with Gasteiger partial charge in [-0.1, -0.05) is 50.9 Å². The summed E-state index contributed by atoms with van der Waals surface area (Å²) in [5.41, 5.74) is 1.90. The average Bonchev–Trinajstić information content (AvgIpc) is 3.05. The van der Waals surface area contributed by atoms with Crippen molar-refractivity contribution >= 4 is 31.9 Å². The molecule has 82 valence electrons. The van der Waals surface area contributed by atoms with Crippen LogP contribution in [0.3, 0.4) is 0 Å². The van der Waals surface area contributed by atoms with E-state index < -0.39 is 0 Å². The average molecular weight is 332 g/mol. The van der Waals surface area contributed by atoms with E-state index in [1.807, 2.05) is 0 Å². The minimum Gasteiger partial charge on any atom is -0.0922 e. The summed E-state index contributed by atoms with van der Waals surface area (Å²) in [6.45, 7) is 2.40. The molecule has 0 aromatic heterocycles. The molecular weight excluding hydrogens is 316 g/mol. The Bertz CT molecular complexity index is 327. The molecule has 0 bridgehead atoms. The van der Waals surface area contributed by atoms with Crippen LogP contribution < -0.4 is 0 Å². The van der Waals surface area contributed by atoms with Crippen LogP contribution in [0.2, 0.25) is 0 Å². The van der Waals surface area contributed by atoms with E-state index in [1.54, 1.807) is 0 Å². The van der Waals surface area contributed by atoms with Crippen LogP contribution in [0.25, 0.3) is 0 Å². The van der Waals surface area contributed by atoms with Crippen molar-refractivity contribution in [1.29, 1.82) is 0 Å². The monoisotopic (exact) mass is 330 g/mol. The molecule has 0 spiro atoms. The van der Waals surface area contributed by atoms with Gasteiger partial charge in [-0.3, -0.25) is 0 Å². The molecule has 1 fully saturated rings. The number of hydrogen-bond donors (Lipinski definition) is 0. The lowest BCUT2D eigenvalue weighted by Gasteiger charge is -2.27. The molecule has 1 aromatic rings. The molecule has 1 saturated carbocycles. The van der Waals surface area contributed by atoms with Crippen molar-refractivity contribution < 1.29 is 0 Å². The zero-order chi connectivity index (χ0) is 10.9. The number of benzene rings is 1. The molecule has 1 aliphatic rings. The van der Waals surface area contributed by atoms with Crippen LogP contribution in [0.5, 0.6) is 0 Å². The molecule has 0 nitrogen and oxygen atoms in total. The Morgan fingerprint density at radius 1 is 1.27 bits per heavy atom. The summed E-state index contributed by atoms with van der Waals surface area (Å²) in [6.07, 6.45) is 4.02. The third kappa shape index (κ3) is 2.85. The second kappa shape index (κ2) is 4.58. The fraction of sp³-hybridized carbons (Fsp3) is 0.538. The quantitative estimate of drug-likeness (QED) is 0.695. The Hall–Kier alpha value is 0.180. The van der Waals surface area contributed by atoms with Crippen molar-refractivity contribution in [1.82, 2.24) is 0 Å². The highest BCUT2D eigenvalue weighted by molar-refractivity contribution is 9.10. The molecule has 1 atom stereocenters. The van der Waals surface area contributed by atoms with Gasteiger partial charge in [-0.15, -0.1) is 0 Å². The highest BCUT2D eigenvalue weighted by Crippen LogP contribution is 2.48. The number of alkyl halides is 1. The highest BCUT2D eigenvalue weighted by Gasteiger charge is 2.40. The Balaban J connectivity index is 2.09. The van der Waals surface area contributed by atoms with Crippen LogP contribution >= 0.6 is 31.9 Å². The minimum atomic E-state index is 0.452. The molecule has 15 heavy (non-hydrogen) atoms. The van der Waals surface area contributed by atoms with E-state index in [2.05, 4.69) is 63.0 Å². The smallest absolute Gasteiger partial charge is 0.0175 e. The summed E-state index contributed by atoms with van der Waals surface area (Å²) < 4.78 is 1.17.